The number of rotatable bonds is 2. The topological polar surface area (TPSA) is 74.1 Å². The van der Waals surface area contributed by atoms with Crippen LogP contribution in [-0.4, -0.2) is 32.1 Å². The van der Waals surface area contributed by atoms with E-state index >= 15 is 0 Å². The Morgan fingerprint density at radius 1 is 1.23 bits per heavy atom. The van der Waals surface area contributed by atoms with E-state index in [0.29, 0.717) is 10.8 Å². The number of hydrogen-bond donors (Lipinski definition) is 0. The largest absolute Gasteiger partial charge is 0.451 e. The fourth-order valence-corrected chi connectivity index (χ4v) is 2.53. The lowest BCUT2D eigenvalue weighted by atomic mass is 9.95. The number of hydrogen-bond acceptors (Lipinski definition) is 5. The number of ketones is 1. The highest BCUT2D eigenvalue weighted by Gasteiger charge is 2.51. The zero-order valence-corrected chi connectivity index (χ0v) is 13.1. The number of benzene rings is 1. The van der Waals surface area contributed by atoms with E-state index in [4.69, 9.17) is 16.3 Å². The summed E-state index contributed by atoms with van der Waals surface area (Å²) in [5, 5.41) is 4.88. The minimum Gasteiger partial charge on any atom is -0.451 e. The summed E-state index contributed by atoms with van der Waals surface area (Å²) in [4.78, 5) is 28.7. The maximum atomic E-state index is 12.3. The van der Waals surface area contributed by atoms with Gasteiger partial charge < -0.3 is 4.74 Å². The summed E-state index contributed by atoms with van der Waals surface area (Å²) in [5.41, 5.74) is -0.377. The standard InChI is InChI=1S/C15H14ClN3O3/c1-15(2)11(20)10(14(21)22-15)13-17-12(18-19(13)3)8-4-6-9(16)7-5-8/h4-7,10H,1-3H3. The summed E-state index contributed by atoms with van der Waals surface area (Å²) in [6.07, 6.45) is 0. The molecule has 0 amide bonds. The average Bonchev–Trinajstić information content (AvgIpc) is 2.89. The quantitative estimate of drug-likeness (QED) is 0.626. The van der Waals surface area contributed by atoms with Gasteiger partial charge in [0.2, 0.25) is 0 Å². The third kappa shape index (κ3) is 2.29. The number of cyclic esters (lactones) is 1. The maximum Gasteiger partial charge on any atom is 0.325 e. The molecule has 2 aromatic rings. The number of ether oxygens (including phenoxy) is 1. The summed E-state index contributed by atoms with van der Waals surface area (Å²) in [7, 11) is 1.65. The van der Waals surface area contributed by atoms with Crippen LogP contribution in [0.25, 0.3) is 11.4 Å². The van der Waals surface area contributed by atoms with Crippen molar-refractivity contribution in [2.45, 2.75) is 25.4 Å². The van der Waals surface area contributed by atoms with Gasteiger partial charge >= 0.3 is 5.97 Å². The van der Waals surface area contributed by atoms with Crippen molar-refractivity contribution in [3.05, 3.63) is 35.1 Å². The Morgan fingerprint density at radius 3 is 2.41 bits per heavy atom. The Bertz CT molecular complexity index is 765. The molecule has 0 bridgehead atoms. The molecule has 0 N–H and O–H groups in total. The Morgan fingerprint density at radius 2 is 1.86 bits per heavy atom. The summed E-state index contributed by atoms with van der Waals surface area (Å²) < 4.78 is 6.57. The molecular formula is C15H14ClN3O3. The van der Waals surface area contributed by atoms with Gasteiger partial charge in [0.25, 0.3) is 0 Å². The van der Waals surface area contributed by atoms with Crippen LogP contribution >= 0.6 is 11.6 Å². The van der Waals surface area contributed by atoms with Crippen molar-refractivity contribution in [1.29, 1.82) is 0 Å². The molecule has 6 nitrogen and oxygen atoms in total. The van der Waals surface area contributed by atoms with E-state index in [9.17, 15) is 9.59 Å². The normalized spacial score (nSPS) is 20.3. The molecule has 7 heteroatoms. The fourth-order valence-electron chi connectivity index (χ4n) is 2.41. The van der Waals surface area contributed by atoms with Gasteiger partial charge in [0.05, 0.1) is 0 Å². The lowest BCUT2D eigenvalue weighted by Gasteiger charge is -2.12. The maximum absolute atomic E-state index is 12.3. The molecule has 1 aromatic carbocycles. The molecule has 1 aromatic heterocycles. The second-order valence-electron chi connectivity index (χ2n) is 5.65. The second-order valence-corrected chi connectivity index (χ2v) is 6.09. The highest BCUT2D eigenvalue weighted by molar-refractivity contribution is 6.30. The molecule has 2 heterocycles. The number of Topliss-reactive ketones (excluding diaryl/α,β-unsaturated/α-hetero) is 1. The van der Waals surface area contributed by atoms with E-state index in [1.54, 1.807) is 45.2 Å². The van der Waals surface area contributed by atoms with Crippen molar-refractivity contribution in [3.8, 4) is 11.4 Å². The van der Waals surface area contributed by atoms with Gasteiger partial charge in [-0.3, -0.25) is 14.3 Å². The van der Waals surface area contributed by atoms with Crippen molar-refractivity contribution >= 4 is 23.4 Å². The van der Waals surface area contributed by atoms with Crippen LogP contribution in [0.3, 0.4) is 0 Å². The van der Waals surface area contributed by atoms with E-state index in [-0.39, 0.29) is 11.6 Å². The first-order valence-corrected chi connectivity index (χ1v) is 7.11. The lowest BCUT2D eigenvalue weighted by Crippen LogP contribution is -2.30. The number of carbonyl (C=O) groups excluding carboxylic acids is 2. The van der Waals surface area contributed by atoms with Crippen LogP contribution in [0.5, 0.6) is 0 Å². The Labute approximate surface area is 132 Å². The van der Waals surface area contributed by atoms with Gasteiger partial charge in [0.1, 0.15) is 5.82 Å². The molecule has 114 valence electrons. The van der Waals surface area contributed by atoms with Crippen LogP contribution in [0.15, 0.2) is 24.3 Å². The molecular weight excluding hydrogens is 306 g/mol. The average molecular weight is 320 g/mol. The summed E-state index contributed by atoms with van der Waals surface area (Å²) in [6.45, 7) is 3.15. The fraction of sp³-hybridized carbons (Fsp3) is 0.333. The molecule has 1 fully saturated rings. The minimum absolute atomic E-state index is 0.283. The SMILES string of the molecule is Cn1nc(-c2ccc(Cl)cc2)nc1C1C(=O)OC(C)(C)C1=O. The van der Waals surface area contributed by atoms with Crippen LogP contribution in [0.1, 0.15) is 25.6 Å². The number of aryl methyl sites for hydroxylation is 1. The number of carbonyl (C=O) groups is 2. The van der Waals surface area contributed by atoms with Crippen LogP contribution in [0.2, 0.25) is 5.02 Å². The number of esters is 1. The molecule has 1 saturated heterocycles. The zero-order chi connectivity index (χ0) is 16.1. The number of aromatic nitrogens is 3. The monoisotopic (exact) mass is 319 g/mol. The molecule has 0 aliphatic carbocycles. The summed E-state index contributed by atoms with van der Waals surface area (Å²) in [5.74, 6) is -1.22. The van der Waals surface area contributed by atoms with Gasteiger partial charge in [-0.15, -0.1) is 0 Å². The Balaban J connectivity index is 2.02. The molecule has 1 aliphatic heterocycles. The van der Waals surface area contributed by atoms with E-state index in [1.807, 2.05) is 0 Å². The first kappa shape index (κ1) is 14.7. The highest BCUT2D eigenvalue weighted by atomic mass is 35.5. The number of halogens is 1. The van der Waals surface area contributed by atoms with E-state index in [1.165, 1.54) is 4.68 Å². The summed E-state index contributed by atoms with van der Waals surface area (Å²) >= 11 is 5.86. The van der Waals surface area contributed by atoms with E-state index in [0.717, 1.165) is 5.56 Å². The first-order valence-electron chi connectivity index (χ1n) is 6.73. The van der Waals surface area contributed by atoms with E-state index < -0.39 is 17.5 Å². The van der Waals surface area contributed by atoms with E-state index in [2.05, 4.69) is 10.1 Å². The van der Waals surface area contributed by atoms with Gasteiger partial charge in [-0.2, -0.15) is 5.10 Å². The van der Waals surface area contributed by atoms with Crippen molar-refractivity contribution in [1.82, 2.24) is 14.8 Å². The molecule has 0 saturated carbocycles. The highest BCUT2D eigenvalue weighted by Crippen LogP contribution is 2.33. The zero-order valence-electron chi connectivity index (χ0n) is 12.3. The van der Waals surface area contributed by atoms with Crippen molar-refractivity contribution < 1.29 is 14.3 Å². The molecule has 1 aliphatic rings. The molecule has 3 rings (SSSR count). The third-order valence-corrected chi connectivity index (χ3v) is 3.86. The van der Waals surface area contributed by atoms with Crippen LogP contribution in [0.4, 0.5) is 0 Å². The van der Waals surface area contributed by atoms with Crippen LogP contribution in [-0.2, 0) is 21.4 Å². The van der Waals surface area contributed by atoms with Gasteiger partial charge in [-0.05, 0) is 38.1 Å². The van der Waals surface area contributed by atoms with Crippen LogP contribution < -0.4 is 0 Å². The van der Waals surface area contributed by atoms with Crippen molar-refractivity contribution in [3.63, 3.8) is 0 Å². The van der Waals surface area contributed by atoms with Gasteiger partial charge in [-0.25, -0.2) is 4.98 Å². The van der Waals surface area contributed by atoms with Gasteiger partial charge in [0.15, 0.2) is 23.1 Å². The Hall–Kier alpha value is -2.21. The van der Waals surface area contributed by atoms with Crippen molar-refractivity contribution in [2.24, 2.45) is 7.05 Å². The van der Waals surface area contributed by atoms with Crippen LogP contribution in [0, 0.1) is 0 Å². The molecule has 0 spiro atoms. The molecule has 1 unspecified atom stereocenters. The van der Waals surface area contributed by atoms with Crippen molar-refractivity contribution in [2.75, 3.05) is 0 Å². The first-order chi connectivity index (χ1) is 10.3. The second kappa shape index (κ2) is 4.91. The molecule has 0 radical (unpaired) electrons. The number of nitrogens with zero attached hydrogens (tertiary/aromatic N) is 3. The Kier molecular flexibility index (Phi) is 3.29. The smallest absolute Gasteiger partial charge is 0.325 e. The minimum atomic E-state index is -1.13. The van der Waals surface area contributed by atoms with Gasteiger partial charge in [-0.1, -0.05) is 11.6 Å². The lowest BCUT2D eigenvalue weighted by molar-refractivity contribution is -0.149. The molecule has 1 atom stereocenters. The van der Waals surface area contributed by atoms with Gasteiger partial charge in [0, 0.05) is 17.6 Å². The molecule has 22 heavy (non-hydrogen) atoms. The third-order valence-electron chi connectivity index (χ3n) is 3.60. The predicted octanol–water partition coefficient (Wildman–Crippen LogP) is 2.12. The summed E-state index contributed by atoms with van der Waals surface area (Å²) in [6, 6.07) is 7.01. The predicted molar refractivity (Wildman–Crippen MR) is 79.4 cm³/mol.